The van der Waals surface area contributed by atoms with E-state index in [1.807, 2.05) is 62.4 Å². The zero-order valence-electron chi connectivity index (χ0n) is 18.0. The Hall–Kier alpha value is -3.92. The average molecular weight is 416 g/mol. The van der Waals surface area contributed by atoms with Gasteiger partial charge >= 0.3 is 0 Å². The summed E-state index contributed by atoms with van der Waals surface area (Å²) in [7, 11) is 1.59. The highest BCUT2D eigenvalue weighted by Gasteiger charge is 2.19. The number of rotatable bonds is 6. The number of methoxy groups -OCH3 is 1. The molecule has 0 aliphatic carbocycles. The van der Waals surface area contributed by atoms with Crippen molar-refractivity contribution >= 4 is 11.4 Å². The molecule has 0 spiro atoms. The Kier molecular flexibility index (Phi) is 6.51. The van der Waals surface area contributed by atoms with E-state index in [1.54, 1.807) is 14.0 Å². The number of ether oxygens (including phenoxy) is 1. The number of azo groups is 1. The van der Waals surface area contributed by atoms with Crippen molar-refractivity contribution in [1.82, 2.24) is 4.57 Å². The molecule has 0 radical (unpaired) electrons. The number of pyridine rings is 1. The Labute approximate surface area is 180 Å². The summed E-state index contributed by atoms with van der Waals surface area (Å²) in [5, 5.41) is 28.5. The van der Waals surface area contributed by atoms with E-state index in [4.69, 9.17) is 4.74 Å². The van der Waals surface area contributed by atoms with Gasteiger partial charge in [-0.3, -0.25) is 9.36 Å². The fourth-order valence-electron chi connectivity index (χ4n) is 3.32. The molecule has 0 bridgehead atoms. The summed E-state index contributed by atoms with van der Waals surface area (Å²) in [6.07, 6.45) is 0.485. The molecule has 0 saturated carbocycles. The van der Waals surface area contributed by atoms with Crippen molar-refractivity contribution in [2.24, 2.45) is 10.2 Å². The minimum absolute atomic E-state index is 0.0175. The van der Waals surface area contributed by atoms with Crippen LogP contribution in [-0.2, 0) is 13.0 Å². The highest BCUT2D eigenvalue weighted by molar-refractivity contribution is 5.57. The van der Waals surface area contributed by atoms with E-state index >= 15 is 0 Å². The number of nitrogens with zero attached hydrogens (tertiary/aromatic N) is 4. The van der Waals surface area contributed by atoms with E-state index in [-0.39, 0.29) is 23.7 Å². The SMILES string of the molecule is COc1ccc(CCn2c(O)c(C#N)c(C)c(N=Nc3ccc(C)cc3C)c2=O)cc1. The van der Waals surface area contributed by atoms with Crippen molar-refractivity contribution in [3.8, 4) is 17.7 Å². The van der Waals surface area contributed by atoms with E-state index in [9.17, 15) is 15.2 Å². The zero-order valence-corrected chi connectivity index (χ0v) is 18.0. The number of aromatic hydroxyl groups is 1. The molecule has 1 heterocycles. The lowest BCUT2D eigenvalue weighted by Crippen LogP contribution is -2.22. The van der Waals surface area contributed by atoms with Gasteiger partial charge in [-0.1, -0.05) is 29.8 Å². The van der Waals surface area contributed by atoms with Crippen LogP contribution in [0.4, 0.5) is 11.4 Å². The molecule has 0 amide bonds. The zero-order chi connectivity index (χ0) is 22.5. The van der Waals surface area contributed by atoms with E-state index in [0.29, 0.717) is 17.7 Å². The van der Waals surface area contributed by atoms with E-state index in [1.165, 1.54) is 4.57 Å². The molecule has 0 fully saturated rings. The maximum absolute atomic E-state index is 13.1. The molecule has 7 heteroatoms. The van der Waals surface area contributed by atoms with Crippen LogP contribution in [0.5, 0.6) is 11.6 Å². The van der Waals surface area contributed by atoms with Gasteiger partial charge in [-0.15, -0.1) is 5.11 Å². The Morgan fingerprint density at radius 3 is 2.42 bits per heavy atom. The molecular weight excluding hydrogens is 392 g/mol. The van der Waals surface area contributed by atoms with Crippen molar-refractivity contribution in [1.29, 1.82) is 5.26 Å². The minimum Gasteiger partial charge on any atom is -0.497 e. The van der Waals surface area contributed by atoms with Crippen molar-refractivity contribution in [3.63, 3.8) is 0 Å². The summed E-state index contributed by atoms with van der Waals surface area (Å²) in [4.78, 5) is 13.1. The normalized spacial score (nSPS) is 10.9. The molecule has 3 aromatic rings. The van der Waals surface area contributed by atoms with Gasteiger partial charge in [-0.05, 0) is 56.5 Å². The maximum Gasteiger partial charge on any atom is 0.281 e. The second-order valence-electron chi connectivity index (χ2n) is 7.33. The molecule has 3 rings (SSSR count). The van der Waals surface area contributed by atoms with Crippen LogP contribution in [0, 0.1) is 32.1 Å². The van der Waals surface area contributed by atoms with Crippen molar-refractivity contribution in [2.75, 3.05) is 7.11 Å². The molecule has 1 aromatic heterocycles. The van der Waals surface area contributed by atoms with Gasteiger partial charge in [0.15, 0.2) is 5.69 Å². The monoisotopic (exact) mass is 416 g/mol. The second kappa shape index (κ2) is 9.26. The van der Waals surface area contributed by atoms with Crippen LogP contribution in [0.1, 0.15) is 27.8 Å². The van der Waals surface area contributed by atoms with Gasteiger partial charge < -0.3 is 9.84 Å². The molecule has 31 heavy (non-hydrogen) atoms. The third-order valence-corrected chi connectivity index (χ3v) is 5.16. The minimum atomic E-state index is -0.490. The molecule has 1 N–H and O–H groups in total. The smallest absolute Gasteiger partial charge is 0.281 e. The van der Waals surface area contributed by atoms with Gasteiger partial charge in [0.25, 0.3) is 5.56 Å². The van der Waals surface area contributed by atoms with Gasteiger partial charge in [0.2, 0.25) is 5.88 Å². The third-order valence-electron chi connectivity index (χ3n) is 5.16. The number of hydrogen-bond acceptors (Lipinski definition) is 6. The molecule has 0 unspecified atom stereocenters. The molecule has 0 aliphatic rings. The predicted octanol–water partition coefficient (Wildman–Crippen LogP) is 5.02. The van der Waals surface area contributed by atoms with Crippen LogP contribution < -0.4 is 10.3 Å². The van der Waals surface area contributed by atoms with Gasteiger partial charge in [0.05, 0.1) is 12.8 Å². The van der Waals surface area contributed by atoms with Crippen LogP contribution in [0.3, 0.4) is 0 Å². The second-order valence-corrected chi connectivity index (χ2v) is 7.33. The first-order valence-electron chi connectivity index (χ1n) is 9.84. The van der Waals surface area contributed by atoms with E-state index < -0.39 is 5.56 Å². The van der Waals surface area contributed by atoms with Crippen LogP contribution in [0.25, 0.3) is 0 Å². The molecule has 2 aromatic carbocycles. The first kappa shape index (κ1) is 21.8. The van der Waals surface area contributed by atoms with Crippen molar-refractivity contribution < 1.29 is 9.84 Å². The lowest BCUT2D eigenvalue weighted by atomic mass is 10.1. The predicted molar refractivity (Wildman–Crippen MR) is 119 cm³/mol. The fraction of sp³-hybridized carbons (Fsp3) is 0.250. The number of aromatic nitrogens is 1. The van der Waals surface area contributed by atoms with E-state index in [0.717, 1.165) is 22.4 Å². The van der Waals surface area contributed by atoms with Crippen LogP contribution >= 0.6 is 0 Å². The number of nitriles is 1. The summed E-state index contributed by atoms with van der Waals surface area (Å²) in [5.41, 5.74) is 3.51. The first-order chi connectivity index (χ1) is 14.8. The molecule has 7 nitrogen and oxygen atoms in total. The van der Waals surface area contributed by atoms with Crippen molar-refractivity contribution in [3.05, 3.63) is 80.6 Å². The largest absolute Gasteiger partial charge is 0.497 e. The topological polar surface area (TPSA) is 100.0 Å². The molecule has 0 saturated heterocycles. The van der Waals surface area contributed by atoms with Crippen molar-refractivity contribution in [2.45, 2.75) is 33.7 Å². The summed E-state index contributed by atoms with van der Waals surface area (Å²) in [6, 6.07) is 15.1. The molecule has 0 atom stereocenters. The summed E-state index contributed by atoms with van der Waals surface area (Å²) in [5.74, 6) is 0.379. The number of hydrogen-bond donors (Lipinski definition) is 1. The highest BCUT2D eigenvalue weighted by Crippen LogP contribution is 2.28. The van der Waals surface area contributed by atoms with E-state index in [2.05, 4.69) is 10.2 Å². The quantitative estimate of drug-likeness (QED) is 0.570. The number of benzene rings is 2. The lowest BCUT2D eigenvalue weighted by molar-refractivity contribution is 0.403. The van der Waals surface area contributed by atoms with Gasteiger partial charge in [-0.2, -0.15) is 10.4 Å². The molecule has 158 valence electrons. The Morgan fingerprint density at radius 1 is 1.10 bits per heavy atom. The summed E-state index contributed by atoms with van der Waals surface area (Å²) in [6.45, 7) is 5.68. The standard InChI is InChI=1S/C24H24N4O3/c1-15-5-10-21(16(2)13-15)26-27-22-17(3)20(14-25)23(29)28(24(22)30)12-11-18-6-8-19(31-4)9-7-18/h5-10,13,29H,11-12H2,1-4H3. The molecule has 0 aliphatic heterocycles. The first-order valence-corrected chi connectivity index (χ1v) is 9.84. The van der Waals surface area contributed by atoms with Gasteiger partial charge in [0, 0.05) is 12.1 Å². The Balaban J connectivity index is 1.99. The number of aryl methyl sites for hydroxylation is 3. The Bertz CT molecular complexity index is 1240. The van der Waals surface area contributed by atoms with Crippen LogP contribution in [0.15, 0.2) is 57.5 Å². The summed E-state index contributed by atoms with van der Waals surface area (Å²) >= 11 is 0. The van der Waals surface area contributed by atoms with Crippen LogP contribution in [0.2, 0.25) is 0 Å². The maximum atomic E-state index is 13.1. The summed E-state index contributed by atoms with van der Waals surface area (Å²) < 4.78 is 6.33. The Morgan fingerprint density at radius 2 is 1.81 bits per heavy atom. The van der Waals surface area contributed by atoms with Gasteiger partial charge in [0.1, 0.15) is 17.4 Å². The lowest BCUT2D eigenvalue weighted by Gasteiger charge is -2.13. The molecular formula is C24H24N4O3. The fourth-order valence-corrected chi connectivity index (χ4v) is 3.32. The van der Waals surface area contributed by atoms with Crippen LogP contribution in [-0.4, -0.2) is 16.8 Å². The average Bonchev–Trinajstić information content (AvgIpc) is 2.75. The third kappa shape index (κ3) is 4.64. The highest BCUT2D eigenvalue weighted by atomic mass is 16.5. The van der Waals surface area contributed by atoms with Gasteiger partial charge in [-0.25, -0.2) is 0 Å².